The molecule has 1 unspecified atom stereocenters. The molecule has 96 valence electrons. The summed E-state index contributed by atoms with van der Waals surface area (Å²) in [4.78, 5) is 2.58. The molecule has 0 saturated carbocycles. The van der Waals surface area contributed by atoms with Crippen LogP contribution in [0.1, 0.15) is 45.4 Å². The van der Waals surface area contributed by atoms with Gasteiger partial charge in [-0.2, -0.15) is 0 Å². The average molecular weight is 228 g/mol. The Morgan fingerprint density at radius 1 is 1.25 bits per heavy atom. The van der Waals surface area contributed by atoms with Crippen molar-refractivity contribution in [3.05, 3.63) is 0 Å². The van der Waals surface area contributed by atoms with Crippen LogP contribution in [0, 0.1) is 0 Å². The molecule has 0 aromatic rings. The highest BCUT2D eigenvalue weighted by Gasteiger charge is 2.16. The predicted molar refractivity (Wildman–Crippen MR) is 68.7 cm³/mol. The summed E-state index contributed by atoms with van der Waals surface area (Å²) in [5.74, 6) is 0. The maximum Gasteiger partial charge on any atom is 0.0431 e. The fourth-order valence-electron chi connectivity index (χ4n) is 2.46. The highest BCUT2D eigenvalue weighted by atomic mass is 16.2. The molecule has 2 N–H and O–H groups in total. The fourth-order valence-corrected chi connectivity index (χ4v) is 2.46. The van der Waals surface area contributed by atoms with Gasteiger partial charge in [-0.15, -0.1) is 0 Å². The average Bonchev–Trinajstić information content (AvgIpc) is 2.77. The lowest BCUT2D eigenvalue weighted by molar-refractivity contribution is 0.236. The van der Waals surface area contributed by atoms with E-state index < -0.39 is 0 Å². The van der Waals surface area contributed by atoms with Crippen LogP contribution in [0.4, 0.5) is 0 Å². The molecule has 0 amide bonds. The maximum absolute atomic E-state index is 8.74. The first-order valence-corrected chi connectivity index (χ1v) is 6.93. The van der Waals surface area contributed by atoms with Gasteiger partial charge in [-0.1, -0.05) is 6.92 Å². The van der Waals surface area contributed by atoms with Crippen LogP contribution in [0.5, 0.6) is 0 Å². The quantitative estimate of drug-likeness (QED) is 0.589. The first-order valence-electron chi connectivity index (χ1n) is 6.93. The third kappa shape index (κ3) is 5.83. The summed E-state index contributed by atoms with van der Waals surface area (Å²) in [6.07, 6.45) is 7.28. The minimum atomic E-state index is 0.345. The second-order valence-corrected chi connectivity index (χ2v) is 4.88. The summed E-state index contributed by atoms with van der Waals surface area (Å²) in [6, 6.07) is 0.726. The van der Waals surface area contributed by atoms with Gasteiger partial charge in [-0.3, -0.25) is 0 Å². The Labute approximate surface area is 100 Å². The second kappa shape index (κ2) is 8.97. The van der Waals surface area contributed by atoms with Crippen molar-refractivity contribution in [2.75, 3.05) is 32.8 Å². The van der Waals surface area contributed by atoms with Crippen molar-refractivity contribution in [1.29, 1.82) is 0 Å². The minimum Gasteiger partial charge on any atom is -0.396 e. The lowest BCUT2D eigenvalue weighted by Gasteiger charge is -2.25. The van der Waals surface area contributed by atoms with Crippen LogP contribution in [-0.2, 0) is 0 Å². The van der Waals surface area contributed by atoms with Gasteiger partial charge in [0.05, 0.1) is 0 Å². The highest BCUT2D eigenvalue weighted by Crippen LogP contribution is 2.08. The SMILES string of the molecule is CCCN(CCCCCO)CC1CCCN1. The van der Waals surface area contributed by atoms with Gasteiger partial charge in [0.15, 0.2) is 0 Å². The number of hydrogen-bond donors (Lipinski definition) is 2. The molecule has 0 radical (unpaired) electrons. The monoisotopic (exact) mass is 228 g/mol. The highest BCUT2D eigenvalue weighted by molar-refractivity contribution is 4.77. The molecule has 3 nitrogen and oxygen atoms in total. The summed E-state index contributed by atoms with van der Waals surface area (Å²) in [5, 5.41) is 12.3. The zero-order valence-electron chi connectivity index (χ0n) is 10.7. The fraction of sp³-hybridized carbons (Fsp3) is 1.00. The lowest BCUT2D eigenvalue weighted by Crippen LogP contribution is -2.38. The van der Waals surface area contributed by atoms with Crippen molar-refractivity contribution in [2.45, 2.75) is 51.5 Å². The molecule has 1 heterocycles. The molecule has 1 saturated heterocycles. The van der Waals surface area contributed by atoms with Gasteiger partial charge in [0.2, 0.25) is 0 Å². The predicted octanol–water partition coefficient (Wildman–Crippen LogP) is 1.61. The van der Waals surface area contributed by atoms with Gasteiger partial charge in [0.1, 0.15) is 0 Å². The van der Waals surface area contributed by atoms with E-state index in [0.29, 0.717) is 6.61 Å². The first-order chi connectivity index (χ1) is 7.86. The van der Waals surface area contributed by atoms with E-state index in [1.54, 1.807) is 0 Å². The molecule has 0 aromatic heterocycles. The molecule has 16 heavy (non-hydrogen) atoms. The Morgan fingerprint density at radius 3 is 2.75 bits per heavy atom. The van der Waals surface area contributed by atoms with Crippen molar-refractivity contribution >= 4 is 0 Å². The van der Waals surface area contributed by atoms with Crippen molar-refractivity contribution in [1.82, 2.24) is 10.2 Å². The Hall–Kier alpha value is -0.120. The van der Waals surface area contributed by atoms with Crippen molar-refractivity contribution in [3.8, 4) is 0 Å². The van der Waals surface area contributed by atoms with Gasteiger partial charge >= 0.3 is 0 Å². The van der Waals surface area contributed by atoms with E-state index in [9.17, 15) is 0 Å². The number of nitrogens with one attached hydrogen (secondary N) is 1. The number of aliphatic hydroxyl groups is 1. The third-order valence-electron chi connectivity index (χ3n) is 3.31. The van der Waals surface area contributed by atoms with Crippen LogP contribution in [0.15, 0.2) is 0 Å². The summed E-state index contributed by atoms with van der Waals surface area (Å²) in [7, 11) is 0. The molecule has 0 aliphatic carbocycles. The Morgan fingerprint density at radius 2 is 2.12 bits per heavy atom. The van der Waals surface area contributed by atoms with Crippen LogP contribution in [0.2, 0.25) is 0 Å². The molecular formula is C13H28N2O. The van der Waals surface area contributed by atoms with Crippen molar-refractivity contribution < 1.29 is 5.11 Å². The van der Waals surface area contributed by atoms with E-state index in [1.807, 2.05) is 0 Å². The largest absolute Gasteiger partial charge is 0.396 e. The van der Waals surface area contributed by atoms with Crippen LogP contribution in [0.3, 0.4) is 0 Å². The molecule has 1 aliphatic rings. The van der Waals surface area contributed by atoms with Gasteiger partial charge in [-0.25, -0.2) is 0 Å². The Kier molecular flexibility index (Phi) is 7.81. The van der Waals surface area contributed by atoms with Crippen LogP contribution >= 0.6 is 0 Å². The van der Waals surface area contributed by atoms with E-state index >= 15 is 0 Å². The normalized spacial score (nSPS) is 20.8. The number of aliphatic hydroxyl groups excluding tert-OH is 1. The minimum absolute atomic E-state index is 0.345. The summed E-state index contributed by atoms with van der Waals surface area (Å²) < 4.78 is 0. The molecule has 1 rings (SSSR count). The molecule has 0 bridgehead atoms. The molecule has 1 aliphatic heterocycles. The van der Waals surface area contributed by atoms with E-state index in [2.05, 4.69) is 17.1 Å². The zero-order chi connectivity index (χ0) is 11.6. The van der Waals surface area contributed by atoms with Crippen LogP contribution in [0.25, 0.3) is 0 Å². The lowest BCUT2D eigenvalue weighted by atomic mass is 10.2. The van der Waals surface area contributed by atoms with Crippen LogP contribution < -0.4 is 5.32 Å². The Balaban J connectivity index is 2.12. The topological polar surface area (TPSA) is 35.5 Å². The van der Waals surface area contributed by atoms with E-state index in [-0.39, 0.29) is 0 Å². The van der Waals surface area contributed by atoms with Crippen molar-refractivity contribution in [3.63, 3.8) is 0 Å². The zero-order valence-corrected chi connectivity index (χ0v) is 10.7. The summed E-state index contributed by atoms with van der Waals surface area (Å²) in [5.41, 5.74) is 0. The molecular weight excluding hydrogens is 200 g/mol. The number of nitrogens with zero attached hydrogens (tertiary/aromatic N) is 1. The van der Waals surface area contributed by atoms with E-state index in [1.165, 1.54) is 51.9 Å². The van der Waals surface area contributed by atoms with Crippen LogP contribution in [-0.4, -0.2) is 48.8 Å². The van der Waals surface area contributed by atoms with E-state index in [4.69, 9.17) is 5.11 Å². The molecule has 0 spiro atoms. The van der Waals surface area contributed by atoms with Gasteiger partial charge in [0.25, 0.3) is 0 Å². The number of unbranched alkanes of at least 4 members (excludes halogenated alkanes) is 2. The smallest absolute Gasteiger partial charge is 0.0431 e. The third-order valence-corrected chi connectivity index (χ3v) is 3.31. The first kappa shape index (κ1) is 13.9. The van der Waals surface area contributed by atoms with Gasteiger partial charge in [0, 0.05) is 19.2 Å². The molecule has 3 heteroatoms. The molecule has 0 aromatic carbocycles. The second-order valence-electron chi connectivity index (χ2n) is 4.88. The summed E-state index contributed by atoms with van der Waals surface area (Å²) in [6.45, 7) is 7.44. The maximum atomic E-state index is 8.74. The molecule has 1 atom stereocenters. The molecule has 1 fully saturated rings. The van der Waals surface area contributed by atoms with E-state index in [0.717, 1.165) is 18.9 Å². The summed E-state index contributed by atoms with van der Waals surface area (Å²) >= 11 is 0. The number of rotatable bonds is 9. The van der Waals surface area contributed by atoms with Gasteiger partial charge in [-0.05, 0) is 58.2 Å². The van der Waals surface area contributed by atoms with Gasteiger partial charge < -0.3 is 15.3 Å². The Bertz CT molecular complexity index is 158. The van der Waals surface area contributed by atoms with Crippen molar-refractivity contribution in [2.24, 2.45) is 0 Å². The standard InChI is InChI=1S/C13H28N2O/c1-2-9-15(10-4-3-5-11-16)12-13-7-6-8-14-13/h13-14,16H,2-12H2,1H3. The number of hydrogen-bond acceptors (Lipinski definition) is 3.